The number of benzene rings is 1. The van der Waals surface area contributed by atoms with Crippen molar-refractivity contribution in [2.24, 2.45) is 10.9 Å². The van der Waals surface area contributed by atoms with E-state index in [0.29, 0.717) is 5.92 Å². The molecule has 1 heterocycles. The summed E-state index contributed by atoms with van der Waals surface area (Å²) in [5, 5.41) is 8.36. The molecule has 0 spiro atoms. The van der Waals surface area contributed by atoms with E-state index in [1.807, 2.05) is 42.2 Å². The Labute approximate surface area is 149 Å². The van der Waals surface area contributed by atoms with Gasteiger partial charge in [0.1, 0.15) is 0 Å². The lowest BCUT2D eigenvalue weighted by Gasteiger charge is -2.23. The number of halogens is 1. The van der Waals surface area contributed by atoms with Crippen molar-refractivity contribution in [3.05, 3.63) is 53.3 Å². The Morgan fingerprint density at radius 2 is 2.25 bits per heavy atom. The molecule has 0 aliphatic carbocycles. The van der Waals surface area contributed by atoms with E-state index in [1.54, 1.807) is 6.20 Å². The fourth-order valence-electron chi connectivity index (χ4n) is 2.48. The Hall–Kier alpha value is -2.01. The smallest absolute Gasteiger partial charge is 0.193 e. The molecule has 0 bridgehead atoms. The van der Waals surface area contributed by atoms with E-state index < -0.39 is 0 Å². The van der Waals surface area contributed by atoms with Crippen LogP contribution in [0.2, 0.25) is 5.02 Å². The summed E-state index contributed by atoms with van der Waals surface area (Å²) in [5.74, 6) is 1.32. The highest BCUT2D eigenvalue weighted by Crippen LogP contribution is 2.12. The first-order valence-corrected chi connectivity index (χ1v) is 8.67. The van der Waals surface area contributed by atoms with Crippen molar-refractivity contribution in [1.29, 1.82) is 0 Å². The summed E-state index contributed by atoms with van der Waals surface area (Å²) in [6, 6.07) is 9.87. The summed E-state index contributed by atoms with van der Waals surface area (Å²) in [6.45, 7) is 7.49. The minimum atomic E-state index is 0.415. The number of hydrogen-bond acceptors (Lipinski definition) is 2. The van der Waals surface area contributed by atoms with Crippen molar-refractivity contribution in [2.75, 3.05) is 20.1 Å². The second-order valence-electron chi connectivity index (χ2n) is 6.01. The zero-order valence-corrected chi connectivity index (χ0v) is 15.4. The highest BCUT2D eigenvalue weighted by atomic mass is 35.5. The van der Waals surface area contributed by atoms with E-state index in [4.69, 9.17) is 16.6 Å². The van der Waals surface area contributed by atoms with Gasteiger partial charge in [-0.25, -0.2) is 0 Å². The molecule has 0 aliphatic rings. The van der Waals surface area contributed by atoms with Crippen molar-refractivity contribution in [3.63, 3.8) is 0 Å². The van der Waals surface area contributed by atoms with Gasteiger partial charge in [0.25, 0.3) is 0 Å². The van der Waals surface area contributed by atoms with E-state index in [9.17, 15) is 0 Å². The van der Waals surface area contributed by atoms with E-state index in [-0.39, 0.29) is 0 Å². The summed E-state index contributed by atoms with van der Waals surface area (Å²) in [7, 11) is 2.04. The number of aromatic nitrogens is 2. The number of guanidine groups is 1. The quantitative estimate of drug-likeness (QED) is 0.617. The average molecular weight is 348 g/mol. The molecule has 0 amide bonds. The molecule has 24 heavy (non-hydrogen) atoms. The maximum atomic E-state index is 6.07. The van der Waals surface area contributed by atoms with Gasteiger partial charge >= 0.3 is 0 Å². The predicted molar refractivity (Wildman–Crippen MR) is 100 cm³/mol. The summed E-state index contributed by atoms with van der Waals surface area (Å²) >= 11 is 6.07. The largest absolute Gasteiger partial charge is 0.357 e. The molecule has 0 saturated carbocycles. The summed E-state index contributed by atoms with van der Waals surface area (Å²) in [5.41, 5.74) is 1.17. The molecule has 1 unspecified atom stereocenters. The Morgan fingerprint density at radius 3 is 2.92 bits per heavy atom. The molecule has 1 aromatic carbocycles. The first-order valence-electron chi connectivity index (χ1n) is 8.29. The first-order chi connectivity index (χ1) is 11.6. The molecule has 1 N–H and O–H groups in total. The van der Waals surface area contributed by atoms with Crippen LogP contribution < -0.4 is 5.32 Å². The van der Waals surface area contributed by atoms with Crippen LogP contribution in [0, 0.1) is 5.92 Å². The standard InChI is InChI=1S/C18H26ClN5/c1-4-20-18(21-12-15(2)13-24-10-6-9-22-24)23(3)14-16-7-5-8-17(19)11-16/h5-11,15H,4,12-14H2,1-3H3,(H,20,21). The van der Waals surface area contributed by atoms with E-state index in [1.165, 1.54) is 5.56 Å². The van der Waals surface area contributed by atoms with Gasteiger partial charge in [0.15, 0.2) is 5.96 Å². The molecule has 0 aliphatic heterocycles. The van der Waals surface area contributed by atoms with Crippen LogP contribution in [0.3, 0.4) is 0 Å². The van der Waals surface area contributed by atoms with Crippen LogP contribution in [0.5, 0.6) is 0 Å². The minimum absolute atomic E-state index is 0.415. The molecule has 2 rings (SSSR count). The normalized spacial score (nSPS) is 12.9. The summed E-state index contributed by atoms with van der Waals surface area (Å²) < 4.78 is 1.95. The third-order valence-electron chi connectivity index (χ3n) is 3.62. The number of rotatable bonds is 7. The van der Waals surface area contributed by atoms with Crippen LogP contribution in [0.4, 0.5) is 0 Å². The molecular weight excluding hydrogens is 322 g/mol. The van der Waals surface area contributed by atoms with Gasteiger partial charge < -0.3 is 10.2 Å². The van der Waals surface area contributed by atoms with Gasteiger partial charge in [-0.05, 0) is 36.6 Å². The van der Waals surface area contributed by atoms with Gasteiger partial charge in [-0.3, -0.25) is 9.67 Å². The first kappa shape index (κ1) is 18.3. The van der Waals surface area contributed by atoms with Crippen LogP contribution >= 0.6 is 11.6 Å². The van der Waals surface area contributed by atoms with Crippen molar-refractivity contribution in [3.8, 4) is 0 Å². The maximum absolute atomic E-state index is 6.07. The monoisotopic (exact) mass is 347 g/mol. The zero-order chi connectivity index (χ0) is 17.4. The maximum Gasteiger partial charge on any atom is 0.193 e. The molecule has 5 nitrogen and oxygen atoms in total. The second kappa shape index (κ2) is 9.33. The Bertz CT molecular complexity index is 639. The van der Waals surface area contributed by atoms with Gasteiger partial charge in [-0.15, -0.1) is 0 Å². The number of aliphatic imine (C=N–C) groups is 1. The van der Waals surface area contributed by atoms with E-state index >= 15 is 0 Å². The van der Waals surface area contributed by atoms with Crippen molar-refractivity contribution < 1.29 is 0 Å². The zero-order valence-electron chi connectivity index (χ0n) is 14.6. The fraction of sp³-hybridized carbons (Fsp3) is 0.444. The van der Waals surface area contributed by atoms with Gasteiger partial charge in [0, 0.05) is 50.6 Å². The average Bonchev–Trinajstić information content (AvgIpc) is 3.04. The van der Waals surface area contributed by atoms with E-state index in [2.05, 4.69) is 35.2 Å². The lowest BCUT2D eigenvalue weighted by molar-refractivity contribution is 0.444. The topological polar surface area (TPSA) is 45.5 Å². The number of hydrogen-bond donors (Lipinski definition) is 1. The van der Waals surface area contributed by atoms with Crippen LogP contribution in [-0.2, 0) is 13.1 Å². The van der Waals surface area contributed by atoms with Crippen LogP contribution in [-0.4, -0.2) is 40.8 Å². The Balaban J connectivity index is 1.95. The molecule has 1 aromatic heterocycles. The molecule has 6 heteroatoms. The highest BCUT2D eigenvalue weighted by molar-refractivity contribution is 6.30. The van der Waals surface area contributed by atoms with Crippen LogP contribution in [0.15, 0.2) is 47.7 Å². The molecular formula is C18H26ClN5. The van der Waals surface area contributed by atoms with Crippen LogP contribution in [0.25, 0.3) is 0 Å². The SMILES string of the molecule is CCNC(=NCC(C)Cn1cccn1)N(C)Cc1cccc(Cl)c1. The summed E-state index contributed by atoms with van der Waals surface area (Å²) in [4.78, 5) is 6.89. The number of nitrogens with one attached hydrogen (secondary N) is 1. The Morgan fingerprint density at radius 1 is 1.42 bits per heavy atom. The fourth-order valence-corrected chi connectivity index (χ4v) is 2.69. The molecule has 2 aromatic rings. The summed E-state index contributed by atoms with van der Waals surface area (Å²) in [6.07, 6.45) is 3.79. The second-order valence-corrected chi connectivity index (χ2v) is 6.45. The van der Waals surface area contributed by atoms with Gasteiger partial charge in [0.05, 0.1) is 0 Å². The molecule has 1 atom stereocenters. The lowest BCUT2D eigenvalue weighted by atomic mass is 10.2. The molecule has 0 fully saturated rings. The van der Waals surface area contributed by atoms with E-state index in [0.717, 1.165) is 37.2 Å². The third kappa shape index (κ3) is 5.89. The number of nitrogens with zero attached hydrogens (tertiary/aromatic N) is 4. The highest BCUT2D eigenvalue weighted by Gasteiger charge is 2.09. The third-order valence-corrected chi connectivity index (χ3v) is 3.85. The minimum Gasteiger partial charge on any atom is -0.357 e. The lowest BCUT2D eigenvalue weighted by Crippen LogP contribution is -2.38. The predicted octanol–water partition coefficient (Wildman–Crippen LogP) is 3.27. The van der Waals surface area contributed by atoms with Gasteiger partial charge in [0.2, 0.25) is 0 Å². The molecule has 0 saturated heterocycles. The molecule has 0 radical (unpaired) electrons. The van der Waals surface area contributed by atoms with Gasteiger partial charge in [-0.1, -0.05) is 30.7 Å². The van der Waals surface area contributed by atoms with Crippen molar-refractivity contribution in [1.82, 2.24) is 20.0 Å². The van der Waals surface area contributed by atoms with Crippen LogP contribution in [0.1, 0.15) is 19.4 Å². The Kier molecular flexibility index (Phi) is 7.12. The molecule has 130 valence electrons. The van der Waals surface area contributed by atoms with Crippen molar-refractivity contribution >= 4 is 17.6 Å². The van der Waals surface area contributed by atoms with Gasteiger partial charge in [-0.2, -0.15) is 5.10 Å². The van der Waals surface area contributed by atoms with Crippen molar-refractivity contribution in [2.45, 2.75) is 26.9 Å².